The molecule has 0 aliphatic carbocycles. The van der Waals surface area contributed by atoms with Crippen LogP contribution in [0.2, 0.25) is 0 Å². The maximum absolute atomic E-state index is 3.65. The van der Waals surface area contributed by atoms with Gasteiger partial charge in [-0.15, -0.1) is 0 Å². The molecule has 0 aromatic rings. The van der Waals surface area contributed by atoms with Crippen LogP contribution >= 0.6 is 0 Å². The SMILES string of the molecule is CC(C)C1=C(C(C)C)C(C)(C)C(C)N1. The van der Waals surface area contributed by atoms with E-state index in [4.69, 9.17) is 0 Å². The van der Waals surface area contributed by atoms with Crippen LogP contribution < -0.4 is 5.32 Å². The fourth-order valence-electron chi connectivity index (χ4n) is 2.60. The first-order valence-electron chi connectivity index (χ1n) is 5.79. The molecule has 82 valence electrons. The Hall–Kier alpha value is -0.460. The van der Waals surface area contributed by atoms with Crippen LogP contribution in [-0.2, 0) is 0 Å². The molecule has 0 aromatic carbocycles. The Morgan fingerprint density at radius 2 is 1.57 bits per heavy atom. The molecular weight excluding hydrogens is 170 g/mol. The van der Waals surface area contributed by atoms with E-state index >= 15 is 0 Å². The van der Waals surface area contributed by atoms with Gasteiger partial charge in [0.1, 0.15) is 0 Å². The summed E-state index contributed by atoms with van der Waals surface area (Å²) in [5.41, 5.74) is 3.42. The van der Waals surface area contributed by atoms with Crippen LogP contribution in [0, 0.1) is 17.3 Å². The molecule has 0 fully saturated rings. The highest BCUT2D eigenvalue weighted by atomic mass is 15.0. The summed E-state index contributed by atoms with van der Waals surface area (Å²) >= 11 is 0. The van der Waals surface area contributed by atoms with Crippen molar-refractivity contribution in [2.75, 3.05) is 0 Å². The molecule has 1 heterocycles. The van der Waals surface area contributed by atoms with E-state index < -0.39 is 0 Å². The average Bonchev–Trinajstić information content (AvgIpc) is 2.23. The molecule has 1 N–H and O–H groups in total. The van der Waals surface area contributed by atoms with Crippen LogP contribution in [0.3, 0.4) is 0 Å². The zero-order valence-electron chi connectivity index (χ0n) is 10.7. The Morgan fingerprint density at radius 1 is 1.07 bits per heavy atom. The molecule has 14 heavy (non-hydrogen) atoms. The van der Waals surface area contributed by atoms with Gasteiger partial charge in [0.2, 0.25) is 0 Å². The Balaban J connectivity index is 3.14. The molecular formula is C13H25N. The second-order valence-corrected chi connectivity index (χ2v) is 5.72. The van der Waals surface area contributed by atoms with Gasteiger partial charge in [-0.3, -0.25) is 0 Å². The van der Waals surface area contributed by atoms with E-state index in [0.717, 1.165) is 0 Å². The van der Waals surface area contributed by atoms with Gasteiger partial charge in [-0.25, -0.2) is 0 Å². The van der Waals surface area contributed by atoms with Crippen LogP contribution in [0.4, 0.5) is 0 Å². The van der Waals surface area contributed by atoms with Gasteiger partial charge in [0, 0.05) is 17.2 Å². The highest BCUT2D eigenvalue weighted by Gasteiger charge is 2.40. The van der Waals surface area contributed by atoms with E-state index in [1.165, 1.54) is 5.70 Å². The summed E-state index contributed by atoms with van der Waals surface area (Å²) < 4.78 is 0. The van der Waals surface area contributed by atoms with Gasteiger partial charge in [0.15, 0.2) is 0 Å². The second-order valence-electron chi connectivity index (χ2n) is 5.72. The summed E-state index contributed by atoms with van der Waals surface area (Å²) in [5, 5.41) is 3.65. The Labute approximate surface area is 89.0 Å². The lowest BCUT2D eigenvalue weighted by molar-refractivity contribution is 0.344. The predicted molar refractivity (Wildman–Crippen MR) is 63.1 cm³/mol. The lowest BCUT2D eigenvalue weighted by atomic mass is 9.75. The number of hydrogen-bond acceptors (Lipinski definition) is 1. The monoisotopic (exact) mass is 195 g/mol. The molecule has 1 rings (SSSR count). The summed E-state index contributed by atoms with van der Waals surface area (Å²) in [4.78, 5) is 0. The lowest BCUT2D eigenvalue weighted by Gasteiger charge is -2.29. The van der Waals surface area contributed by atoms with E-state index in [1.54, 1.807) is 5.57 Å². The highest BCUT2D eigenvalue weighted by Crippen LogP contribution is 2.43. The third kappa shape index (κ3) is 1.69. The van der Waals surface area contributed by atoms with Crippen molar-refractivity contribution < 1.29 is 0 Å². The number of allylic oxidation sites excluding steroid dienone is 1. The Bertz CT molecular complexity index is 246. The summed E-state index contributed by atoms with van der Waals surface area (Å²) in [6.45, 7) is 16.2. The Morgan fingerprint density at radius 3 is 1.86 bits per heavy atom. The predicted octanol–water partition coefficient (Wildman–Crippen LogP) is 3.57. The van der Waals surface area contributed by atoms with Gasteiger partial charge in [0.05, 0.1) is 0 Å². The van der Waals surface area contributed by atoms with Gasteiger partial charge in [-0.2, -0.15) is 0 Å². The third-order valence-corrected chi connectivity index (χ3v) is 3.59. The first-order valence-corrected chi connectivity index (χ1v) is 5.79. The summed E-state index contributed by atoms with van der Waals surface area (Å²) in [5.74, 6) is 1.27. The number of rotatable bonds is 2. The maximum atomic E-state index is 3.65. The summed E-state index contributed by atoms with van der Waals surface area (Å²) in [6, 6.07) is 0.567. The van der Waals surface area contributed by atoms with Crippen molar-refractivity contribution in [3.05, 3.63) is 11.3 Å². The smallest absolute Gasteiger partial charge is 0.0319 e. The highest BCUT2D eigenvalue weighted by molar-refractivity contribution is 5.31. The standard InChI is InChI=1S/C13H25N/c1-8(2)11-12(9(3)4)14-10(5)13(11,6)7/h8-10,14H,1-7H3. The van der Waals surface area contributed by atoms with Gasteiger partial charge >= 0.3 is 0 Å². The molecule has 0 radical (unpaired) electrons. The van der Waals surface area contributed by atoms with Gasteiger partial charge in [-0.1, -0.05) is 41.5 Å². The quantitative estimate of drug-likeness (QED) is 0.710. The summed E-state index contributed by atoms with van der Waals surface area (Å²) in [6.07, 6.45) is 0. The van der Waals surface area contributed by atoms with Crippen molar-refractivity contribution in [2.24, 2.45) is 17.3 Å². The minimum Gasteiger partial charge on any atom is -0.385 e. The molecule has 0 bridgehead atoms. The van der Waals surface area contributed by atoms with Crippen molar-refractivity contribution in [3.8, 4) is 0 Å². The molecule has 1 unspecified atom stereocenters. The topological polar surface area (TPSA) is 12.0 Å². The minimum absolute atomic E-state index is 0.313. The van der Waals surface area contributed by atoms with Gasteiger partial charge in [-0.05, 0) is 24.3 Å². The van der Waals surface area contributed by atoms with Gasteiger partial charge < -0.3 is 5.32 Å². The van der Waals surface area contributed by atoms with E-state index in [0.29, 0.717) is 23.3 Å². The minimum atomic E-state index is 0.313. The molecule has 0 saturated carbocycles. The van der Waals surface area contributed by atoms with Crippen LogP contribution in [0.5, 0.6) is 0 Å². The zero-order chi connectivity index (χ0) is 11.1. The third-order valence-electron chi connectivity index (χ3n) is 3.59. The van der Waals surface area contributed by atoms with E-state index in [1.807, 2.05) is 0 Å². The molecule has 0 spiro atoms. The summed E-state index contributed by atoms with van der Waals surface area (Å²) in [7, 11) is 0. The van der Waals surface area contributed by atoms with Crippen molar-refractivity contribution in [3.63, 3.8) is 0 Å². The zero-order valence-corrected chi connectivity index (χ0v) is 10.7. The number of hydrogen-bond donors (Lipinski definition) is 1. The largest absolute Gasteiger partial charge is 0.385 e. The molecule has 1 atom stereocenters. The second kappa shape index (κ2) is 3.60. The van der Waals surface area contributed by atoms with Crippen molar-refractivity contribution in [2.45, 2.75) is 54.5 Å². The molecule has 1 nitrogen and oxygen atoms in total. The fourth-order valence-corrected chi connectivity index (χ4v) is 2.60. The Kier molecular flexibility index (Phi) is 2.99. The normalized spacial score (nSPS) is 26.2. The molecule has 1 heteroatoms. The van der Waals surface area contributed by atoms with E-state index in [9.17, 15) is 0 Å². The molecule has 1 aliphatic heterocycles. The number of nitrogens with one attached hydrogen (secondary N) is 1. The van der Waals surface area contributed by atoms with Crippen molar-refractivity contribution in [1.29, 1.82) is 0 Å². The lowest BCUT2D eigenvalue weighted by Crippen LogP contribution is -2.32. The van der Waals surface area contributed by atoms with Crippen LogP contribution in [0.15, 0.2) is 11.3 Å². The van der Waals surface area contributed by atoms with Crippen molar-refractivity contribution in [1.82, 2.24) is 5.32 Å². The van der Waals surface area contributed by atoms with Gasteiger partial charge in [0.25, 0.3) is 0 Å². The fraction of sp³-hybridized carbons (Fsp3) is 0.846. The van der Waals surface area contributed by atoms with Crippen LogP contribution in [0.1, 0.15) is 48.5 Å². The van der Waals surface area contributed by atoms with E-state index in [2.05, 4.69) is 53.8 Å². The molecule has 0 amide bonds. The van der Waals surface area contributed by atoms with Crippen molar-refractivity contribution >= 4 is 0 Å². The first kappa shape index (κ1) is 11.6. The van der Waals surface area contributed by atoms with E-state index in [-0.39, 0.29) is 0 Å². The molecule has 1 aliphatic rings. The average molecular weight is 195 g/mol. The van der Waals surface area contributed by atoms with Crippen LogP contribution in [0.25, 0.3) is 0 Å². The maximum Gasteiger partial charge on any atom is 0.0319 e. The van der Waals surface area contributed by atoms with Crippen LogP contribution in [-0.4, -0.2) is 6.04 Å². The molecule has 0 aromatic heterocycles. The first-order chi connectivity index (χ1) is 6.28. The molecule has 0 saturated heterocycles.